The van der Waals surface area contributed by atoms with Crippen LogP contribution in [0.4, 0.5) is 4.39 Å². The molecule has 2 aromatic carbocycles. The third-order valence-electron chi connectivity index (χ3n) is 6.26. The van der Waals surface area contributed by atoms with Gasteiger partial charge in [-0.15, -0.1) is 0 Å². The zero-order valence-corrected chi connectivity index (χ0v) is 18.5. The largest absolute Gasteiger partial charge is 0.490 e. The lowest BCUT2D eigenvalue weighted by Crippen LogP contribution is -2.46. The standard InChI is InChI=1S/C24H24ClFN2O4/c1-27-21(29)14-24(23(27)31,16-4-2-6-18(26)12-16)15-22(30)28-10-8-19(9-11-28)32-20-7-3-5-17(25)13-20/h2-7,12-13,19H,8-11,14-15H2,1H3. The van der Waals surface area contributed by atoms with Crippen LogP contribution in [0.3, 0.4) is 0 Å². The Kier molecular flexibility index (Phi) is 6.20. The van der Waals surface area contributed by atoms with E-state index in [2.05, 4.69) is 0 Å². The number of imide groups is 1. The molecule has 2 saturated heterocycles. The lowest BCUT2D eigenvalue weighted by Gasteiger charge is -2.35. The number of carbonyl (C=O) groups excluding carboxylic acids is 3. The molecule has 2 aliphatic heterocycles. The van der Waals surface area contributed by atoms with Gasteiger partial charge in [0.2, 0.25) is 17.7 Å². The molecule has 0 aromatic heterocycles. The summed E-state index contributed by atoms with van der Waals surface area (Å²) >= 11 is 6.00. The maximum Gasteiger partial charge on any atom is 0.240 e. The molecule has 0 spiro atoms. The number of halogens is 2. The Balaban J connectivity index is 1.46. The summed E-state index contributed by atoms with van der Waals surface area (Å²) in [6, 6.07) is 12.8. The first-order valence-electron chi connectivity index (χ1n) is 10.6. The summed E-state index contributed by atoms with van der Waals surface area (Å²) in [5.74, 6) is -0.901. The molecule has 6 nitrogen and oxygen atoms in total. The fourth-order valence-corrected chi connectivity index (χ4v) is 4.64. The summed E-state index contributed by atoms with van der Waals surface area (Å²) < 4.78 is 19.9. The summed E-state index contributed by atoms with van der Waals surface area (Å²) in [4.78, 5) is 41.2. The number of likely N-dealkylation sites (N-methyl/N-ethyl adjacent to an activating group) is 1. The highest BCUT2D eigenvalue weighted by molar-refractivity contribution is 6.30. The van der Waals surface area contributed by atoms with E-state index < -0.39 is 17.1 Å². The fourth-order valence-electron chi connectivity index (χ4n) is 4.46. The quantitative estimate of drug-likeness (QED) is 0.642. The van der Waals surface area contributed by atoms with Gasteiger partial charge < -0.3 is 9.64 Å². The maximum absolute atomic E-state index is 13.9. The van der Waals surface area contributed by atoms with Crippen molar-refractivity contribution in [3.8, 4) is 5.75 Å². The van der Waals surface area contributed by atoms with Gasteiger partial charge in [0, 0.05) is 50.8 Å². The molecule has 8 heteroatoms. The van der Waals surface area contributed by atoms with Gasteiger partial charge in [0.1, 0.15) is 17.7 Å². The second-order valence-corrected chi connectivity index (χ2v) is 8.80. The number of carbonyl (C=O) groups is 3. The molecule has 2 aliphatic rings. The van der Waals surface area contributed by atoms with Gasteiger partial charge in [-0.2, -0.15) is 0 Å². The average Bonchev–Trinajstić information content (AvgIpc) is 2.98. The van der Waals surface area contributed by atoms with Crippen molar-refractivity contribution in [2.75, 3.05) is 20.1 Å². The number of piperidine rings is 1. The number of ether oxygens (including phenoxy) is 1. The SMILES string of the molecule is CN1C(=O)CC(CC(=O)N2CCC(Oc3cccc(Cl)c3)CC2)(c2cccc(F)c2)C1=O. The van der Waals surface area contributed by atoms with E-state index >= 15 is 0 Å². The first-order chi connectivity index (χ1) is 15.3. The molecular weight excluding hydrogens is 435 g/mol. The Morgan fingerprint density at radius 1 is 1.16 bits per heavy atom. The van der Waals surface area contributed by atoms with E-state index in [0.29, 0.717) is 42.3 Å². The molecule has 0 bridgehead atoms. The third kappa shape index (κ3) is 4.35. The number of hydrogen-bond acceptors (Lipinski definition) is 4. The Labute approximate surface area is 190 Å². The summed E-state index contributed by atoms with van der Waals surface area (Å²) in [5, 5.41) is 0.596. The minimum absolute atomic E-state index is 0.0458. The molecule has 1 unspecified atom stereocenters. The molecule has 2 heterocycles. The predicted molar refractivity (Wildman–Crippen MR) is 117 cm³/mol. The lowest BCUT2D eigenvalue weighted by atomic mass is 9.75. The second kappa shape index (κ2) is 8.90. The van der Waals surface area contributed by atoms with Crippen LogP contribution < -0.4 is 4.74 Å². The van der Waals surface area contributed by atoms with Crippen molar-refractivity contribution >= 4 is 29.3 Å². The minimum atomic E-state index is -1.38. The van der Waals surface area contributed by atoms with Gasteiger partial charge in [0.25, 0.3) is 0 Å². The van der Waals surface area contributed by atoms with Crippen LogP contribution in [0.25, 0.3) is 0 Å². The molecule has 0 radical (unpaired) electrons. The monoisotopic (exact) mass is 458 g/mol. The highest BCUT2D eigenvalue weighted by atomic mass is 35.5. The Hall–Kier alpha value is -2.93. The molecule has 32 heavy (non-hydrogen) atoms. The van der Waals surface area contributed by atoms with Crippen LogP contribution in [-0.4, -0.2) is 53.8 Å². The van der Waals surface area contributed by atoms with Gasteiger partial charge >= 0.3 is 0 Å². The maximum atomic E-state index is 13.9. The molecule has 0 saturated carbocycles. The van der Waals surface area contributed by atoms with Crippen molar-refractivity contribution in [3.05, 3.63) is 64.9 Å². The Bertz CT molecular complexity index is 1050. The van der Waals surface area contributed by atoms with Gasteiger partial charge in [-0.1, -0.05) is 29.8 Å². The van der Waals surface area contributed by atoms with Crippen molar-refractivity contribution in [2.24, 2.45) is 0 Å². The minimum Gasteiger partial charge on any atom is -0.490 e. The molecule has 3 amide bonds. The predicted octanol–water partition coefficient (Wildman–Crippen LogP) is 3.57. The zero-order valence-electron chi connectivity index (χ0n) is 17.7. The van der Waals surface area contributed by atoms with Gasteiger partial charge in [-0.05, 0) is 35.9 Å². The average molecular weight is 459 g/mol. The Morgan fingerprint density at radius 3 is 2.50 bits per heavy atom. The highest BCUT2D eigenvalue weighted by Gasteiger charge is 2.53. The Morgan fingerprint density at radius 2 is 1.88 bits per heavy atom. The summed E-state index contributed by atoms with van der Waals surface area (Å²) in [6.45, 7) is 0.947. The molecule has 0 aliphatic carbocycles. The molecule has 0 N–H and O–H groups in total. The van der Waals surface area contributed by atoms with Crippen LogP contribution >= 0.6 is 11.6 Å². The molecule has 168 valence electrons. The van der Waals surface area contributed by atoms with Gasteiger partial charge in [-0.3, -0.25) is 19.3 Å². The zero-order chi connectivity index (χ0) is 22.9. The number of likely N-dealkylation sites (tertiary alicyclic amines) is 2. The molecule has 4 rings (SSSR count). The van der Waals surface area contributed by atoms with E-state index in [1.165, 1.54) is 25.2 Å². The van der Waals surface area contributed by atoms with E-state index in [9.17, 15) is 18.8 Å². The van der Waals surface area contributed by atoms with E-state index in [0.717, 1.165) is 4.90 Å². The molecule has 2 aromatic rings. The van der Waals surface area contributed by atoms with Crippen LogP contribution in [0.5, 0.6) is 5.75 Å². The summed E-state index contributed by atoms with van der Waals surface area (Å²) in [7, 11) is 1.40. The molecule has 2 fully saturated rings. The number of hydrogen-bond donors (Lipinski definition) is 0. The number of nitrogens with zero attached hydrogens (tertiary/aromatic N) is 2. The van der Waals surface area contributed by atoms with Crippen LogP contribution in [0.2, 0.25) is 5.02 Å². The first-order valence-corrected chi connectivity index (χ1v) is 10.9. The normalized spacial score (nSPS) is 21.8. The van der Waals surface area contributed by atoms with Crippen molar-refractivity contribution < 1.29 is 23.5 Å². The van der Waals surface area contributed by atoms with Crippen molar-refractivity contribution in [1.82, 2.24) is 9.80 Å². The smallest absolute Gasteiger partial charge is 0.240 e. The van der Waals surface area contributed by atoms with Gasteiger partial charge in [0.15, 0.2) is 0 Å². The van der Waals surface area contributed by atoms with Crippen molar-refractivity contribution in [2.45, 2.75) is 37.2 Å². The van der Waals surface area contributed by atoms with Crippen LogP contribution in [0.15, 0.2) is 48.5 Å². The van der Waals surface area contributed by atoms with E-state index in [4.69, 9.17) is 16.3 Å². The molecule has 1 atom stereocenters. The van der Waals surface area contributed by atoms with Gasteiger partial charge in [-0.25, -0.2) is 4.39 Å². The van der Waals surface area contributed by atoms with E-state index in [1.807, 2.05) is 12.1 Å². The number of amides is 3. The van der Waals surface area contributed by atoms with Gasteiger partial charge in [0.05, 0.1) is 5.41 Å². The highest BCUT2D eigenvalue weighted by Crippen LogP contribution is 2.40. The second-order valence-electron chi connectivity index (χ2n) is 8.36. The number of benzene rings is 2. The van der Waals surface area contributed by atoms with E-state index in [1.54, 1.807) is 23.1 Å². The third-order valence-corrected chi connectivity index (χ3v) is 6.50. The van der Waals surface area contributed by atoms with E-state index in [-0.39, 0.29) is 30.8 Å². The summed E-state index contributed by atoms with van der Waals surface area (Å²) in [5.41, 5.74) is -1.02. The topological polar surface area (TPSA) is 66.9 Å². The van der Waals surface area contributed by atoms with Crippen LogP contribution in [0, 0.1) is 5.82 Å². The molecular formula is C24H24ClFN2O4. The van der Waals surface area contributed by atoms with Crippen molar-refractivity contribution in [3.63, 3.8) is 0 Å². The van der Waals surface area contributed by atoms with Crippen LogP contribution in [0.1, 0.15) is 31.2 Å². The van der Waals surface area contributed by atoms with Crippen LogP contribution in [-0.2, 0) is 19.8 Å². The lowest BCUT2D eigenvalue weighted by molar-refractivity contribution is -0.142. The first kappa shape index (κ1) is 22.3. The fraction of sp³-hybridized carbons (Fsp3) is 0.375. The number of rotatable bonds is 5. The summed E-state index contributed by atoms with van der Waals surface area (Å²) in [6.07, 6.45) is 0.906. The van der Waals surface area contributed by atoms with Crippen molar-refractivity contribution in [1.29, 1.82) is 0 Å².